The molecule has 0 aliphatic rings. The molecule has 0 atom stereocenters. The molecule has 182 valence electrons. The van der Waals surface area contributed by atoms with E-state index in [2.05, 4.69) is 25.5 Å². The highest BCUT2D eigenvalue weighted by Gasteiger charge is 2.34. The van der Waals surface area contributed by atoms with Crippen LogP contribution in [0.5, 0.6) is 0 Å². The Morgan fingerprint density at radius 3 is 2.62 bits per heavy atom. The molecule has 0 unspecified atom stereocenters. The maximum Gasteiger partial charge on any atom is 0.433 e. The molecule has 0 saturated carbocycles. The Bertz CT molecular complexity index is 1480. The Kier molecular flexibility index (Phi) is 5.97. The van der Waals surface area contributed by atoms with Crippen LogP contribution in [-0.2, 0) is 27.9 Å². The summed E-state index contributed by atoms with van der Waals surface area (Å²) >= 11 is 0. The number of hydrogen-bond acceptors (Lipinski definition) is 8. The van der Waals surface area contributed by atoms with Crippen molar-refractivity contribution in [2.45, 2.75) is 32.0 Å². The second kappa shape index (κ2) is 8.51. The SMILES string of the molecule is CCS(=O)(=O)c1nn2c(NOCC(C)C)ccnc2c1-c1nc2cc(C(F)(F)F)ncc2n1C. The summed E-state index contributed by atoms with van der Waals surface area (Å²) in [4.78, 5) is 17.5. The van der Waals surface area contributed by atoms with Gasteiger partial charge in [0, 0.05) is 19.3 Å². The van der Waals surface area contributed by atoms with Crippen molar-refractivity contribution >= 4 is 32.3 Å². The highest BCUT2D eigenvalue weighted by Crippen LogP contribution is 2.35. The highest BCUT2D eigenvalue weighted by molar-refractivity contribution is 7.91. The number of hydrogen-bond donors (Lipinski definition) is 1. The zero-order chi connectivity index (χ0) is 24.8. The summed E-state index contributed by atoms with van der Waals surface area (Å²) in [6.07, 6.45) is -2.16. The molecule has 0 bridgehead atoms. The van der Waals surface area contributed by atoms with E-state index in [1.807, 2.05) is 13.8 Å². The van der Waals surface area contributed by atoms with Crippen LogP contribution >= 0.6 is 0 Å². The Labute approximate surface area is 192 Å². The third-order valence-electron chi connectivity index (χ3n) is 5.04. The summed E-state index contributed by atoms with van der Waals surface area (Å²) < 4.78 is 68.1. The number of aromatic nitrogens is 6. The first-order valence-corrected chi connectivity index (χ1v) is 12.0. The van der Waals surface area contributed by atoms with Crippen molar-refractivity contribution in [2.75, 3.05) is 17.8 Å². The van der Waals surface area contributed by atoms with Gasteiger partial charge in [-0.25, -0.2) is 28.8 Å². The minimum absolute atomic E-state index is 0.00793. The van der Waals surface area contributed by atoms with Gasteiger partial charge in [0.25, 0.3) is 0 Å². The Morgan fingerprint density at radius 2 is 1.97 bits per heavy atom. The molecule has 1 N–H and O–H groups in total. The van der Waals surface area contributed by atoms with Crippen molar-refractivity contribution in [1.29, 1.82) is 0 Å². The van der Waals surface area contributed by atoms with Crippen LogP contribution in [0.4, 0.5) is 19.0 Å². The molecule has 4 aromatic heterocycles. The zero-order valence-electron chi connectivity index (χ0n) is 18.8. The van der Waals surface area contributed by atoms with Crippen LogP contribution in [0.15, 0.2) is 29.6 Å². The summed E-state index contributed by atoms with van der Waals surface area (Å²) in [6.45, 7) is 5.78. The molecule has 0 aliphatic carbocycles. The molecule has 4 heterocycles. The molecule has 0 radical (unpaired) electrons. The van der Waals surface area contributed by atoms with E-state index in [-0.39, 0.29) is 44.8 Å². The van der Waals surface area contributed by atoms with Crippen LogP contribution in [-0.4, -0.2) is 49.9 Å². The summed E-state index contributed by atoms with van der Waals surface area (Å²) in [5.41, 5.74) is 2.16. The van der Waals surface area contributed by atoms with Gasteiger partial charge in [-0.1, -0.05) is 20.8 Å². The molecule has 4 aromatic rings. The van der Waals surface area contributed by atoms with E-state index in [1.54, 1.807) is 13.1 Å². The molecule has 34 heavy (non-hydrogen) atoms. The van der Waals surface area contributed by atoms with Crippen molar-refractivity contribution < 1.29 is 26.4 Å². The first-order chi connectivity index (χ1) is 15.9. The molecule has 4 rings (SSSR count). The van der Waals surface area contributed by atoms with Crippen LogP contribution in [0.1, 0.15) is 26.5 Å². The van der Waals surface area contributed by atoms with Gasteiger partial charge in [0.2, 0.25) is 0 Å². The van der Waals surface area contributed by atoms with Crippen molar-refractivity contribution in [3.05, 3.63) is 30.2 Å². The molecule has 0 spiro atoms. The quantitative estimate of drug-likeness (QED) is 0.386. The molecular weight excluding hydrogens is 475 g/mol. The fourth-order valence-corrected chi connectivity index (χ4v) is 4.28. The van der Waals surface area contributed by atoms with Crippen LogP contribution in [0.2, 0.25) is 0 Å². The number of nitrogens with one attached hydrogen (secondary N) is 1. The van der Waals surface area contributed by atoms with Gasteiger partial charge in [-0.2, -0.15) is 22.8 Å². The number of aryl methyl sites for hydroxylation is 1. The van der Waals surface area contributed by atoms with E-state index < -0.39 is 21.7 Å². The van der Waals surface area contributed by atoms with E-state index in [4.69, 9.17) is 4.84 Å². The van der Waals surface area contributed by atoms with E-state index in [0.29, 0.717) is 12.4 Å². The van der Waals surface area contributed by atoms with Gasteiger partial charge >= 0.3 is 6.18 Å². The van der Waals surface area contributed by atoms with Gasteiger partial charge in [0.05, 0.1) is 29.6 Å². The summed E-state index contributed by atoms with van der Waals surface area (Å²) in [6, 6.07) is 2.37. The first kappa shape index (κ1) is 23.9. The van der Waals surface area contributed by atoms with Gasteiger partial charge < -0.3 is 4.57 Å². The number of halogens is 3. The van der Waals surface area contributed by atoms with E-state index in [0.717, 1.165) is 12.3 Å². The minimum atomic E-state index is -4.65. The number of sulfone groups is 1. The predicted octanol–water partition coefficient (Wildman–Crippen LogP) is 3.49. The van der Waals surface area contributed by atoms with Crippen molar-refractivity contribution in [1.82, 2.24) is 29.1 Å². The second-order valence-electron chi connectivity index (χ2n) is 8.01. The lowest BCUT2D eigenvalue weighted by molar-refractivity contribution is -0.141. The fraction of sp³-hybridized carbons (Fsp3) is 0.400. The lowest BCUT2D eigenvalue weighted by Crippen LogP contribution is -2.11. The highest BCUT2D eigenvalue weighted by atomic mass is 32.2. The lowest BCUT2D eigenvalue weighted by Gasteiger charge is -2.09. The number of fused-ring (bicyclic) bond motifs is 2. The number of imidazole rings is 1. The normalized spacial score (nSPS) is 12.8. The third kappa shape index (κ3) is 4.18. The number of nitrogens with zero attached hydrogens (tertiary/aromatic N) is 6. The predicted molar refractivity (Wildman–Crippen MR) is 118 cm³/mol. The van der Waals surface area contributed by atoms with E-state index in [9.17, 15) is 21.6 Å². The average molecular weight is 498 g/mol. The second-order valence-corrected chi connectivity index (χ2v) is 10.2. The van der Waals surface area contributed by atoms with Gasteiger partial charge in [-0.05, 0) is 12.0 Å². The summed E-state index contributed by atoms with van der Waals surface area (Å²) in [7, 11) is -2.31. The van der Waals surface area contributed by atoms with Gasteiger partial charge in [0.15, 0.2) is 26.3 Å². The van der Waals surface area contributed by atoms with Crippen LogP contribution in [0.25, 0.3) is 28.1 Å². The van der Waals surface area contributed by atoms with Gasteiger partial charge in [-0.15, -0.1) is 0 Å². The smallest absolute Gasteiger partial charge is 0.326 e. The summed E-state index contributed by atoms with van der Waals surface area (Å²) in [5.74, 6) is 0.402. The van der Waals surface area contributed by atoms with E-state index >= 15 is 0 Å². The Morgan fingerprint density at radius 1 is 1.24 bits per heavy atom. The maximum atomic E-state index is 13.1. The molecule has 0 aliphatic heterocycles. The molecule has 10 nitrogen and oxygen atoms in total. The summed E-state index contributed by atoms with van der Waals surface area (Å²) in [5, 5.41) is 3.98. The molecule has 0 aromatic carbocycles. The molecule has 14 heteroatoms. The Hall–Kier alpha value is -3.26. The largest absolute Gasteiger partial charge is 0.433 e. The molecule has 0 saturated heterocycles. The third-order valence-corrected chi connectivity index (χ3v) is 6.67. The standard InChI is InChI=1S/C20H22F3N7O3S/c1-5-34(31,32)19-16(17-24-7-6-15(30(17)27-19)28-33-10-11(2)3)18-26-12-8-14(20(21,22)23)25-9-13(12)29(18)4/h6-9,11,28H,5,10H2,1-4H3. The van der Waals surface area contributed by atoms with Crippen LogP contribution in [0.3, 0.4) is 0 Å². The number of pyridine rings is 1. The first-order valence-electron chi connectivity index (χ1n) is 10.3. The van der Waals surface area contributed by atoms with Crippen molar-refractivity contribution in [3.63, 3.8) is 0 Å². The van der Waals surface area contributed by atoms with Gasteiger partial charge in [-0.3, -0.25) is 4.84 Å². The topological polar surface area (TPSA) is 116 Å². The number of anilines is 1. The van der Waals surface area contributed by atoms with Crippen LogP contribution < -0.4 is 5.48 Å². The lowest BCUT2D eigenvalue weighted by atomic mass is 10.2. The maximum absolute atomic E-state index is 13.1. The van der Waals surface area contributed by atoms with Crippen molar-refractivity contribution in [2.24, 2.45) is 13.0 Å². The fourth-order valence-electron chi connectivity index (χ4n) is 3.30. The molecule has 0 amide bonds. The zero-order valence-corrected chi connectivity index (χ0v) is 19.6. The molecule has 0 fully saturated rings. The van der Waals surface area contributed by atoms with Crippen LogP contribution in [0, 0.1) is 5.92 Å². The van der Waals surface area contributed by atoms with Gasteiger partial charge in [0.1, 0.15) is 17.1 Å². The minimum Gasteiger partial charge on any atom is -0.326 e. The van der Waals surface area contributed by atoms with E-state index in [1.165, 1.54) is 22.2 Å². The average Bonchev–Trinajstić information content (AvgIpc) is 3.31. The number of rotatable bonds is 7. The Balaban J connectivity index is 1.96. The molecular formula is C20H22F3N7O3S. The monoisotopic (exact) mass is 497 g/mol. The van der Waals surface area contributed by atoms with Crippen molar-refractivity contribution in [3.8, 4) is 11.4 Å². The number of alkyl halides is 3.